The predicted octanol–water partition coefficient (Wildman–Crippen LogP) is 2.06. The van der Waals surface area contributed by atoms with Gasteiger partial charge in [-0.25, -0.2) is 0 Å². The monoisotopic (exact) mass is 178 g/mol. The van der Waals surface area contributed by atoms with Crippen LogP contribution in [0.4, 0.5) is 0 Å². The van der Waals surface area contributed by atoms with Crippen LogP contribution in [0.25, 0.3) is 0 Å². The molecule has 0 bridgehead atoms. The smallest absolute Gasteiger partial charge is 0.221 e. The molecule has 1 aromatic rings. The molecule has 0 heterocycles. The van der Waals surface area contributed by atoms with Crippen molar-refractivity contribution in [1.29, 1.82) is 5.26 Å². The van der Waals surface area contributed by atoms with Gasteiger partial charge in [0, 0.05) is 5.02 Å². The van der Waals surface area contributed by atoms with E-state index in [1.807, 2.05) is 6.07 Å². The van der Waals surface area contributed by atoms with E-state index in [4.69, 9.17) is 16.9 Å². The third-order valence-electron chi connectivity index (χ3n) is 1.45. The maximum absolute atomic E-state index is 10.2. The van der Waals surface area contributed by atoms with Crippen molar-refractivity contribution < 1.29 is 4.79 Å². The van der Waals surface area contributed by atoms with Crippen molar-refractivity contribution in [3.8, 4) is 6.07 Å². The third kappa shape index (κ3) is 1.84. The molecule has 1 atom stereocenters. The van der Waals surface area contributed by atoms with Crippen molar-refractivity contribution in [2.75, 3.05) is 0 Å². The van der Waals surface area contributed by atoms with Crippen molar-refractivity contribution in [2.45, 2.75) is 5.92 Å². The lowest BCUT2D eigenvalue weighted by atomic mass is 10.0. The van der Waals surface area contributed by atoms with Crippen LogP contribution < -0.4 is 0 Å². The van der Waals surface area contributed by atoms with Gasteiger partial charge < -0.3 is 0 Å². The Morgan fingerprint density at radius 3 is 2.33 bits per heavy atom. The summed E-state index contributed by atoms with van der Waals surface area (Å²) in [4.78, 5) is 10.2. The molecule has 0 N–H and O–H groups in total. The van der Waals surface area contributed by atoms with E-state index in [2.05, 4.69) is 0 Å². The molecule has 1 radical (unpaired) electrons. The largest absolute Gasteiger partial charge is 0.289 e. The van der Waals surface area contributed by atoms with Gasteiger partial charge in [-0.15, -0.1) is 0 Å². The number of hydrogen-bond acceptors (Lipinski definition) is 2. The van der Waals surface area contributed by atoms with Crippen molar-refractivity contribution in [3.63, 3.8) is 0 Å². The molecular weight excluding hydrogens is 174 g/mol. The molecule has 0 aliphatic heterocycles. The SMILES string of the molecule is N#CC([C]=O)c1ccc(Cl)cc1. The molecule has 2 nitrogen and oxygen atoms in total. The molecule has 0 aromatic heterocycles. The van der Waals surface area contributed by atoms with Crippen molar-refractivity contribution in [1.82, 2.24) is 0 Å². The highest BCUT2D eigenvalue weighted by molar-refractivity contribution is 6.30. The Balaban J connectivity index is 2.97. The minimum atomic E-state index is -0.803. The number of nitrogens with zero attached hydrogens (tertiary/aromatic N) is 1. The Kier molecular flexibility index (Phi) is 2.84. The second-order valence-electron chi connectivity index (χ2n) is 2.23. The van der Waals surface area contributed by atoms with E-state index in [-0.39, 0.29) is 0 Å². The Hall–Kier alpha value is -1.33. The first-order chi connectivity index (χ1) is 5.77. The predicted molar refractivity (Wildman–Crippen MR) is 45.5 cm³/mol. The van der Waals surface area contributed by atoms with Gasteiger partial charge in [0.15, 0.2) is 0 Å². The van der Waals surface area contributed by atoms with Crippen molar-refractivity contribution in [2.24, 2.45) is 0 Å². The highest BCUT2D eigenvalue weighted by Gasteiger charge is 2.08. The van der Waals surface area contributed by atoms with Gasteiger partial charge in [-0.2, -0.15) is 5.26 Å². The first-order valence-corrected chi connectivity index (χ1v) is 3.68. The molecule has 12 heavy (non-hydrogen) atoms. The first-order valence-electron chi connectivity index (χ1n) is 3.30. The number of benzene rings is 1. The van der Waals surface area contributed by atoms with E-state index >= 15 is 0 Å². The standard InChI is InChI=1S/C9H5ClNO/c10-9-3-1-7(2-4-9)8(5-11)6-12/h1-4,8H. The van der Waals surface area contributed by atoms with Crippen LogP contribution in [0.2, 0.25) is 5.02 Å². The van der Waals surface area contributed by atoms with Crippen LogP contribution in [-0.2, 0) is 4.79 Å². The molecule has 1 unspecified atom stereocenters. The van der Waals surface area contributed by atoms with E-state index in [9.17, 15) is 4.79 Å². The Labute approximate surface area is 75.4 Å². The summed E-state index contributed by atoms with van der Waals surface area (Å²) < 4.78 is 0. The number of rotatable bonds is 2. The van der Waals surface area contributed by atoms with Gasteiger partial charge >= 0.3 is 0 Å². The van der Waals surface area contributed by atoms with E-state index in [1.54, 1.807) is 30.6 Å². The van der Waals surface area contributed by atoms with Crippen LogP contribution in [0, 0.1) is 11.3 Å². The fourth-order valence-electron chi connectivity index (χ4n) is 0.824. The van der Waals surface area contributed by atoms with E-state index in [0.29, 0.717) is 10.6 Å². The van der Waals surface area contributed by atoms with Gasteiger partial charge in [-0.05, 0) is 17.7 Å². The molecule has 1 rings (SSSR count). The topological polar surface area (TPSA) is 40.9 Å². The molecule has 0 spiro atoms. The summed E-state index contributed by atoms with van der Waals surface area (Å²) in [5, 5.41) is 9.09. The lowest BCUT2D eigenvalue weighted by Crippen LogP contribution is -1.95. The molecule has 0 fully saturated rings. The van der Waals surface area contributed by atoms with Gasteiger partial charge in [0.2, 0.25) is 6.29 Å². The van der Waals surface area contributed by atoms with Crippen molar-refractivity contribution in [3.05, 3.63) is 34.9 Å². The number of halogens is 1. The third-order valence-corrected chi connectivity index (χ3v) is 1.70. The van der Waals surface area contributed by atoms with E-state index in [1.165, 1.54) is 0 Å². The summed E-state index contributed by atoms with van der Waals surface area (Å²) >= 11 is 5.62. The fourth-order valence-corrected chi connectivity index (χ4v) is 0.950. The lowest BCUT2D eigenvalue weighted by molar-refractivity contribution is 0.551. The number of nitriles is 1. The summed E-state index contributed by atoms with van der Waals surface area (Å²) in [5.74, 6) is -0.803. The molecule has 0 aliphatic rings. The average molecular weight is 179 g/mol. The highest BCUT2D eigenvalue weighted by atomic mass is 35.5. The molecule has 59 valence electrons. The zero-order chi connectivity index (χ0) is 8.97. The highest BCUT2D eigenvalue weighted by Crippen LogP contribution is 2.15. The maximum Gasteiger partial charge on any atom is 0.221 e. The Morgan fingerprint density at radius 1 is 1.33 bits per heavy atom. The summed E-state index contributed by atoms with van der Waals surface area (Å²) in [6, 6.07) is 8.38. The van der Waals surface area contributed by atoms with Crippen LogP contribution in [0.15, 0.2) is 24.3 Å². The van der Waals surface area contributed by atoms with Crippen LogP contribution in [0.1, 0.15) is 11.5 Å². The Bertz CT molecular complexity index is 312. The molecule has 0 saturated carbocycles. The minimum absolute atomic E-state index is 0.585. The van der Waals surface area contributed by atoms with Crippen LogP contribution in [0.3, 0.4) is 0 Å². The molecule has 0 saturated heterocycles. The van der Waals surface area contributed by atoms with Crippen LogP contribution in [-0.4, -0.2) is 6.29 Å². The zero-order valence-electron chi connectivity index (χ0n) is 6.12. The number of hydrogen-bond donors (Lipinski definition) is 0. The molecule has 0 amide bonds. The van der Waals surface area contributed by atoms with Gasteiger partial charge in [-0.3, -0.25) is 4.79 Å². The van der Waals surface area contributed by atoms with Crippen LogP contribution in [0.5, 0.6) is 0 Å². The summed E-state index contributed by atoms with van der Waals surface area (Å²) in [7, 11) is 0. The molecule has 1 aromatic carbocycles. The zero-order valence-corrected chi connectivity index (χ0v) is 6.88. The van der Waals surface area contributed by atoms with E-state index in [0.717, 1.165) is 0 Å². The second kappa shape index (κ2) is 3.89. The maximum atomic E-state index is 10.2. The summed E-state index contributed by atoms with van der Waals surface area (Å²) in [6.07, 6.45) is 1.63. The summed E-state index contributed by atoms with van der Waals surface area (Å²) in [6.45, 7) is 0. The lowest BCUT2D eigenvalue weighted by Gasteiger charge is -1.98. The van der Waals surface area contributed by atoms with Crippen LogP contribution >= 0.6 is 11.6 Å². The van der Waals surface area contributed by atoms with Gasteiger partial charge in [0.25, 0.3) is 0 Å². The second-order valence-corrected chi connectivity index (χ2v) is 2.67. The molecule has 0 aliphatic carbocycles. The quantitative estimate of drug-likeness (QED) is 0.696. The average Bonchev–Trinajstić information content (AvgIpc) is 2.10. The van der Waals surface area contributed by atoms with Gasteiger partial charge in [0.1, 0.15) is 5.92 Å². The minimum Gasteiger partial charge on any atom is -0.289 e. The van der Waals surface area contributed by atoms with Gasteiger partial charge in [-0.1, -0.05) is 23.7 Å². The van der Waals surface area contributed by atoms with E-state index < -0.39 is 5.92 Å². The van der Waals surface area contributed by atoms with Crippen molar-refractivity contribution >= 4 is 17.9 Å². The normalized spacial score (nSPS) is 11.7. The fraction of sp³-hybridized carbons (Fsp3) is 0.111. The summed E-state index contributed by atoms with van der Waals surface area (Å²) in [5.41, 5.74) is 0.622. The first kappa shape index (κ1) is 8.76. The molecule has 3 heteroatoms. The number of carbonyl (C=O) groups excluding carboxylic acids is 1. The van der Waals surface area contributed by atoms with Gasteiger partial charge in [0.05, 0.1) is 6.07 Å². The Morgan fingerprint density at radius 2 is 1.92 bits per heavy atom. The molecular formula is C9H5ClNO.